The van der Waals surface area contributed by atoms with Crippen molar-refractivity contribution in [2.45, 2.75) is 33.6 Å². The van der Waals surface area contributed by atoms with Gasteiger partial charge in [-0.2, -0.15) is 0 Å². The molecule has 0 saturated carbocycles. The first-order valence-electron chi connectivity index (χ1n) is 4.55. The van der Waals surface area contributed by atoms with Gasteiger partial charge in [-0.25, -0.2) is 0 Å². The number of aliphatic hydroxyl groups is 1. The molecule has 0 bridgehead atoms. The summed E-state index contributed by atoms with van der Waals surface area (Å²) in [6, 6.07) is 0. The number of nitrogens with one attached hydrogen (secondary N) is 1. The SMILES string of the molecule is CC.CC1CCCNC1.CO. The smallest absolute Gasteiger partial charge is 0.0319 e. The van der Waals surface area contributed by atoms with Crippen molar-refractivity contribution in [2.75, 3.05) is 20.2 Å². The highest BCUT2D eigenvalue weighted by molar-refractivity contribution is 4.63. The molecule has 0 amide bonds. The zero-order valence-electron chi connectivity index (χ0n) is 8.35. The van der Waals surface area contributed by atoms with Gasteiger partial charge in [-0.3, -0.25) is 0 Å². The number of rotatable bonds is 0. The van der Waals surface area contributed by atoms with Crippen LogP contribution in [0, 0.1) is 5.92 Å². The summed E-state index contributed by atoms with van der Waals surface area (Å²) in [6.45, 7) is 8.77. The minimum absolute atomic E-state index is 0.925. The van der Waals surface area contributed by atoms with E-state index in [1.807, 2.05) is 13.8 Å². The molecule has 2 heteroatoms. The first-order chi connectivity index (χ1) is 5.39. The van der Waals surface area contributed by atoms with Crippen molar-refractivity contribution in [3.05, 3.63) is 0 Å². The van der Waals surface area contributed by atoms with Gasteiger partial charge in [-0.05, 0) is 31.8 Å². The molecule has 1 atom stereocenters. The molecule has 2 nitrogen and oxygen atoms in total. The Bertz CT molecular complexity index is 51.5. The third-order valence-corrected chi connectivity index (χ3v) is 1.54. The Kier molecular flexibility index (Phi) is 15.4. The molecule has 1 aliphatic rings. The lowest BCUT2D eigenvalue weighted by atomic mass is 10.0. The lowest BCUT2D eigenvalue weighted by Gasteiger charge is -2.17. The maximum Gasteiger partial charge on any atom is 0.0319 e. The lowest BCUT2D eigenvalue weighted by molar-refractivity contribution is 0.399. The second kappa shape index (κ2) is 12.6. The van der Waals surface area contributed by atoms with Crippen LogP contribution in [0.3, 0.4) is 0 Å². The van der Waals surface area contributed by atoms with Gasteiger partial charge in [0.15, 0.2) is 0 Å². The predicted octanol–water partition coefficient (Wildman–Crippen LogP) is 1.64. The molecule has 2 N–H and O–H groups in total. The van der Waals surface area contributed by atoms with Crippen molar-refractivity contribution in [3.8, 4) is 0 Å². The minimum atomic E-state index is 0.925. The van der Waals surface area contributed by atoms with E-state index in [0.29, 0.717) is 0 Å². The van der Waals surface area contributed by atoms with Crippen LogP contribution in [-0.4, -0.2) is 25.3 Å². The van der Waals surface area contributed by atoms with Crippen molar-refractivity contribution in [1.29, 1.82) is 0 Å². The molecule has 1 unspecified atom stereocenters. The lowest BCUT2D eigenvalue weighted by Crippen LogP contribution is -2.27. The topological polar surface area (TPSA) is 32.3 Å². The van der Waals surface area contributed by atoms with E-state index in [2.05, 4.69) is 12.2 Å². The third-order valence-electron chi connectivity index (χ3n) is 1.54. The molecule has 1 fully saturated rings. The van der Waals surface area contributed by atoms with Crippen LogP contribution < -0.4 is 5.32 Å². The molecule has 70 valence electrons. The Labute approximate surface area is 71.0 Å². The van der Waals surface area contributed by atoms with E-state index in [-0.39, 0.29) is 0 Å². The molecule has 0 aromatic heterocycles. The van der Waals surface area contributed by atoms with Gasteiger partial charge in [0.2, 0.25) is 0 Å². The number of piperidine rings is 1. The standard InChI is InChI=1S/C6H13N.C2H6.CH4O/c1-6-3-2-4-7-5-6;2*1-2/h6-7H,2-5H2,1H3;1-2H3;2H,1H3. The molecule has 0 aromatic carbocycles. The van der Waals surface area contributed by atoms with Crippen LogP contribution in [0.5, 0.6) is 0 Å². The molecule has 0 radical (unpaired) electrons. The second-order valence-electron chi connectivity index (χ2n) is 2.45. The molecule has 1 rings (SSSR count). The Hall–Kier alpha value is -0.0800. The van der Waals surface area contributed by atoms with Crippen LogP contribution in [-0.2, 0) is 0 Å². The zero-order chi connectivity index (χ0) is 9.11. The van der Waals surface area contributed by atoms with E-state index in [0.717, 1.165) is 13.0 Å². The van der Waals surface area contributed by atoms with Crippen molar-refractivity contribution in [2.24, 2.45) is 5.92 Å². The van der Waals surface area contributed by atoms with Crippen LogP contribution in [0.2, 0.25) is 0 Å². The van der Waals surface area contributed by atoms with Gasteiger partial charge in [0.25, 0.3) is 0 Å². The van der Waals surface area contributed by atoms with Gasteiger partial charge >= 0.3 is 0 Å². The first-order valence-corrected chi connectivity index (χ1v) is 4.55. The van der Waals surface area contributed by atoms with Crippen molar-refractivity contribution in [3.63, 3.8) is 0 Å². The van der Waals surface area contributed by atoms with E-state index in [1.54, 1.807) is 0 Å². The van der Waals surface area contributed by atoms with Crippen molar-refractivity contribution >= 4 is 0 Å². The summed E-state index contributed by atoms with van der Waals surface area (Å²) in [5, 5.41) is 10.3. The Morgan fingerprint density at radius 3 is 2.00 bits per heavy atom. The van der Waals surface area contributed by atoms with E-state index in [1.165, 1.54) is 25.9 Å². The van der Waals surface area contributed by atoms with Crippen LogP contribution >= 0.6 is 0 Å². The zero-order valence-corrected chi connectivity index (χ0v) is 8.35. The fourth-order valence-electron chi connectivity index (χ4n) is 1.03. The molecule has 1 saturated heterocycles. The average Bonchev–Trinajstić information content (AvgIpc) is 2.13. The Morgan fingerprint density at radius 2 is 1.82 bits per heavy atom. The Morgan fingerprint density at radius 1 is 1.27 bits per heavy atom. The molecule has 0 aliphatic carbocycles. The maximum absolute atomic E-state index is 7.00. The largest absolute Gasteiger partial charge is 0.400 e. The molecular weight excluding hydrogens is 138 g/mol. The van der Waals surface area contributed by atoms with Gasteiger partial charge in [0.05, 0.1) is 0 Å². The number of aliphatic hydroxyl groups excluding tert-OH is 1. The van der Waals surface area contributed by atoms with Crippen LogP contribution in [0.15, 0.2) is 0 Å². The molecular formula is C9H23NO. The van der Waals surface area contributed by atoms with Crippen LogP contribution in [0.25, 0.3) is 0 Å². The van der Waals surface area contributed by atoms with Gasteiger partial charge in [-0.1, -0.05) is 20.8 Å². The van der Waals surface area contributed by atoms with Gasteiger partial charge in [-0.15, -0.1) is 0 Å². The highest BCUT2D eigenvalue weighted by atomic mass is 16.2. The molecule has 0 aromatic rings. The fraction of sp³-hybridized carbons (Fsp3) is 1.00. The summed E-state index contributed by atoms with van der Waals surface area (Å²) in [4.78, 5) is 0. The first kappa shape index (κ1) is 13.5. The summed E-state index contributed by atoms with van der Waals surface area (Å²) in [5.41, 5.74) is 0. The monoisotopic (exact) mass is 161 g/mol. The molecule has 1 aliphatic heterocycles. The summed E-state index contributed by atoms with van der Waals surface area (Å²) in [6.07, 6.45) is 2.80. The second-order valence-corrected chi connectivity index (χ2v) is 2.45. The average molecular weight is 161 g/mol. The van der Waals surface area contributed by atoms with Gasteiger partial charge in [0, 0.05) is 7.11 Å². The molecule has 1 heterocycles. The highest BCUT2D eigenvalue weighted by Gasteiger charge is 2.04. The van der Waals surface area contributed by atoms with E-state index < -0.39 is 0 Å². The highest BCUT2D eigenvalue weighted by Crippen LogP contribution is 2.06. The van der Waals surface area contributed by atoms with Gasteiger partial charge in [0.1, 0.15) is 0 Å². The van der Waals surface area contributed by atoms with Crippen LogP contribution in [0.4, 0.5) is 0 Å². The molecule has 0 spiro atoms. The number of hydrogen-bond acceptors (Lipinski definition) is 2. The number of hydrogen-bond donors (Lipinski definition) is 2. The predicted molar refractivity (Wildman–Crippen MR) is 50.8 cm³/mol. The van der Waals surface area contributed by atoms with Crippen LogP contribution in [0.1, 0.15) is 33.6 Å². The summed E-state index contributed by atoms with van der Waals surface area (Å²) >= 11 is 0. The quantitative estimate of drug-likeness (QED) is 0.566. The van der Waals surface area contributed by atoms with E-state index >= 15 is 0 Å². The summed E-state index contributed by atoms with van der Waals surface area (Å²) < 4.78 is 0. The minimum Gasteiger partial charge on any atom is -0.400 e. The van der Waals surface area contributed by atoms with Gasteiger partial charge < -0.3 is 10.4 Å². The van der Waals surface area contributed by atoms with Crippen molar-refractivity contribution in [1.82, 2.24) is 5.32 Å². The fourth-order valence-corrected chi connectivity index (χ4v) is 1.03. The maximum atomic E-state index is 7.00. The normalized spacial score (nSPS) is 22.1. The van der Waals surface area contributed by atoms with Crippen molar-refractivity contribution < 1.29 is 5.11 Å². The van der Waals surface area contributed by atoms with E-state index in [9.17, 15) is 0 Å². The summed E-state index contributed by atoms with van der Waals surface area (Å²) in [5.74, 6) is 0.925. The molecule has 11 heavy (non-hydrogen) atoms. The summed E-state index contributed by atoms with van der Waals surface area (Å²) in [7, 11) is 1.00. The third kappa shape index (κ3) is 9.92. The van der Waals surface area contributed by atoms with E-state index in [4.69, 9.17) is 5.11 Å². The Balaban J connectivity index is 0.